The van der Waals surface area contributed by atoms with Crippen molar-refractivity contribution >= 4 is 34.8 Å². The van der Waals surface area contributed by atoms with Gasteiger partial charge in [-0.15, -0.1) is 22.6 Å². The molecule has 2 aromatic rings. The number of benzene rings is 1. The molecule has 0 radical (unpaired) electrons. The van der Waals surface area contributed by atoms with Crippen LogP contribution in [0.5, 0.6) is 0 Å². The Morgan fingerprint density at radius 2 is 1.91 bits per heavy atom. The van der Waals surface area contributed by atoms with E-state index in [-0.39, 0.29) is 23.7 Å². The Morgan fingerprint density at radius 1 is 1.23 bits per heavy atom. The van der Waals surface area contributed by atoms with Crippen LogP contribution in [0.25, 0.3) is 0 Å². The maximum absolute atomic E-state index is 11.7. The van der Waals surface area contributed by atoms with Crippen molar-refractivity contribution in [3.05, 3.63) is 40.9 Å². The minimum absolute atomic E-state index is 0. The summed E-state index contributed by atoms with van der Waals surface area (Å²) in [5.74, 6) is -0.0513. The third-order valence-corrected chi connectivity index (χ3v) is 4.47. The Balaban J connectivity index is 0.00000242. The fourth-order valence-electron chi connectivity index (χ4n) is 1.92. The van der Waals surface area contributed by atoms with Crippen LogP contribution in [-0.4, -0.2) is 29.7 Å². The molecular weight excluding hydrogens is 320 g/mol. The van der Waals surface area contributed by atoms with Crippen LogP contribution in [0, 0.1) is 0 Å². The van der Waals surface area contributed by atoms with Crippen LogP contribution in [0.3, 0.4) is 0 Å². The Morgan fingerprint density at radius 3 is 2.55 bits per heavy atom. The van der Waals surface area contributed by atoms with Crippen molar-refractivity contribution in [2.24, 2.45) is 0 Å². The van der Waals surface area contributed by atoms with E-state index in [1.54, 1.807) is 0 Å². The second-order valence-corrected chi connectivity index (χ2v) is 6.28. The van der Waals surface area contributed by atoms with Gasteiger partial charge in [-0.2, -0.15) is 0 Å². The summed E-state index contributed by atoms with van der Waals surface area (Å²) in [7, 11) is 1.82. The van der Waals surface area contributed by atoms with Gasteiger partial charge in [0.05, 0.1) is 0 Å². The molecule has 1 aromatic carbocycles. The second kappa shape index (κ2) is 8.22. The fourth-order valence-corrected chi connectivity index (χ4v) is 2.81. The van der Waals surface area contributed by atoms with Gasteiger partial charge in [0.15, 0.2) is 0 Å². The van der Waals surface area contributed by atoms with E-state index in [0.717, 1.165) is 5.01 Å². The van der Waals surface area contributed by atoms with E-state index in [1.165, 1.54) is 16.9 Å². The number of aromatic nitrogens is 2. The summed E-state index contributed by atoms with van der Waals surface area (Å²) < 4.78 is 0. The summed E-state index contributed by atoms with van der Waals surface area (Å²) in [4.78, 5) is 11.7. The first-order chi connectivity index (χ1) is 10.0. The number of halogens is 1. The number of nitrogens with zero attached hydrogens (tertiary/aromatic N) is 2. The van der Waals surface area contributed by atoms with Gasteiger partial charge in [0, 0.05) is 18.4 Å². The largest absolute Gasteiger partial charge is 0.319 e. The number of hydrogen-bond acceptors (Lipinski definition) is 5. The van der Waals surface area contributed by atoms with Gasteiger partial charge >= 0.3 is 0 Å². The molecule has 0 aliphatic rings. The van der Waals surface area contributed by atoms with Crippen LogP contribution in [0.2, 0.25) is 0 Å². The highest BCUT2D eigenvalue weighted by Crippen LogP contribution is 2.34. The lowest BCUT2D eigenvalue weighted by Gasteiger charge is -2.21. The molecule has 0 aliphatic carbocycles. The molecule has 2 N–H and O–H groups in total. The lowest BCUT2D eigenvalue weighted by molar-refractivity contribution is -0.116. The normalized spacial score (nSPS) is 10.9. The van der Waals surface area contributed by atoms with Crippen molar-refractivity contribution in [2.75, 3.05) is 18.9 Å². The molecule has 0 atom stereocenters. The van der Waals surface area contributed by atoms with Gasteiger partial charge in [0.1, 0.15) is 5.01 Å². The molecule has 1 heterocycles. The summed E-state index contributed by atoms with van der Waals surface area (Å²) >= 11 is 1.42. The SMILES string of the molecule is CNCCC(=O)Nc1nnc(C(C)(C)c2ccccc2)s1.Cl. The molecule has 1 aromatic heterocycles. The zero-order chi connectivity index (χ0) is 15.3. The van der Waals surface area contributed by atoms with Crippen molar-refractivity contribution in [2.45, 2.75) is 25.7 Å². The molecule has 0 fully saturated rings. The van der Waals surface area contributed by atoms with Crippen molar-refractivity contribution < 1.29 is 4.79 Å². The number of amides is 1. The van der Waals surface area contributed by atoms with E-state index in [9.17, 15) is 4.79 Å². The molecule has 120 valence electrons. The van der Waals surface area contributed by atoms with Crippen LogP contribution >= 0.6 is 23.7 Å². The third kappa shape index (κ3) is 4.50. The second-order valence-electron chi connectivity index (χ2n) is 5.31. The molecule has 2 rings (SSSR count). The summed E-state index contributed by atoms with van der Waals surface area (Å²) in [6, 6.07) is 10.2. The van der Waals surface area contributed by atoms with Gasteiger partial charge in [0.25, 0.3) is 0 Å². The fraction of sp³-hybridized carbons (Fsp3) is 0.400. The van der Waals surface area contributed by atoms with Gasteiger partial charge in [0.2, 0.25) is 11.0 Å². The first-order valence-electron chi connectivity index (χ1n) is 6.88. The molecular formula is C15H21ClN4OS. The number of hydrogen-bond donors (Lipinski definition) is 2. The van der Waals surface area contributed by atoms with Gasteiger partial charge in [-0.3, -0.25) is 4.79 Å². The summed E-state index contributed by atoms with van der Waals surface area (Å²) in [5, 5.41) is 15.5. The predicted molar refractivity (Wildman–Crippen MR) is 92.9 cm³/mol. The quantitative estimate of drug-likeness (QED) is 0.848. The predicted octanol–water partition coefficient (Wildman–Crippen LogP) is 2.83. The van der Waals surface area contributed by atoms with Crippen LogP contribution < -0.4 is 10.6 Å². The van der Waals surface area contributed by atoms with Crippen LogP contribution in [0.15, 0.2) is 30.3 Å². The van der Waals surface area contributed by atoms with Gasteiger partial charge in [-0.05, 0) is 26.5 Å². The minimum atomic E-state index is -0.229. The van der Waals surface area contributed by atoms with E-state index >= 15 is 0 Å². The molecule has 5 nitrogen and oxygen atoms in total. The molecule has 1 amide bonds. The molecule has 0 saturated carbocycles. The molecule has 0 aliphatic heterocycles. The number of carbonyl (C=O) groups excluding carboxylic acids is 1. The molecule has 22 heavy (non-hydrogen) atoms. The zero-order valence-corrected chi connectivity index (χ0v) is 14.6. The number of nitrogens with one attached hydrogen (secondary N) is 2. The average molecular weight is 341 g/mol. The van der Waals surface area contributed by atoms with Crippen molar-refractivity contribution in [1.29, 1.82) is 0 Å². The Kier molecular flexibility index (Phi) is 6.93. The minimum Gasteiger partial charge on any atom is -0.319 e. The van der Waals surface area contributed by atoms with E-state index < -0.39 is 0 Å². The highest BCUT2D eigenvalue weighted by atomic mass is 35.5. The standard InChI is InChI=1S/C15H20N4OS.ClH/c1-15(2,11-7-5-4-6-8-11)13-18-19-14(21-13)17-12(20)9-10-16-3;/h4-8,16H,9-10H2,1-3H3,(H,17,19,20);1H. The number of anilines is 1. The van der Waals surface area contributed by atoms with Crippen LogP contribution in [-0.2, 0) is 10.2 Å². The Hall–Kier alpha value is -1.50. The maximum Gasteiger partial charge on any atom is 0.227 e. The molecule has 0 bridgehead atoms. The third-order valence-electron chi connectivity index (χ3n) is 3.30. The number of carbonyl (C=O) groups is 1. The van der Waals surface area contributed by atoms with Crippen LogP contribution in [0.4, 0.5) is 5.13 Å². The highest BCUT2D eigenvalue weighted by Gasteiger charge is 2.27. The van der Waals surface area contributed by atoms with E-state index in [4.69, 9.17) is 0 Å². The van der Waals surface area contributed by atoms with Gasteiger partial charge < -0.3 is 10.6 Å². The average Bonchev–Trinajstić information content (AvgIpc) is 2.95. The smallest absolute Gasteiger partial charge is 0.227 e. The van der Waals surface area contributed by atoms with Crippen LogP contribution in [0.1, 0.15) is 30.8 Å². The monoisotopic (exact) mass is 340 g/mol. The number of rotatable bonds is 6. The Labute approximate surface area is 141 Å². The summed E-state index contributed by atoms with van der Waals surface area (Å²) in [5.41, 5.74) is 0.946. The first kappa shape index (κ1) is 18.5. The lowest BCUT2D eigenvalue weighted by Crippen LogP contribution is -2.18. The molecule has 0 spiro atoms. The summed E-state index contributed by atoms with van der Waals surface area (Å²) in [6.45, 7) is 4.86. The molecule has 0 unspecified atom stereocenters. The van der Waals surface area contributed by atoms with Crippen molar-refractivity contribution in [3.8, 4) is 0 Å². The summed E-state index contributed by atoms with van der Waals surface area (Å²) in [6.07, 6.45) is 0.424. The van der Waals surface area contributed by atoms with E-state index in [0.29, 0.717) is 18.1 Å². The zero-order valence-electron chi connectivity index (χ0n) is 12.9. The molecule has 0 saturated heterocycles. The lowest BCUT2D eigenvalue weighted by atomic mass is 9.85. The topological polar surface area (TPSA) is 66.9 Å². The van der Waals surface area contributed by atoms with Crippen molar-refractivity contribution in [3.63, 3.8) is 0 Å². The van der Waals surface area contributed by atoms with E-state index in [1.807, 2.05) is 25.2 Å². The van der Waals surface area contributed by atoms with E-state index in [2.05, 4.69) is 46.8 Å². The van der Waals surface area contributed by atoms with Crippen molar-refractivity contribution in [1.82, 2.24) is 15.5 Å². The highest BCUT2D eigenvalue weighted by molar-refractivity contribution is 7.15. The van der Waals surface area contributed by atoms with Gasteiger partial charge in [-0.1, -0.05) is 41.7 Å². The van der Waals surface area contributed by atoms with Gasteiger partial charge in [-0.25, -0.2) is 0 Å². The maximum atomic E-state index is 11.7. The molecule has 7 heteroatoms. The Bertz CT molecular complexity index is 601. The first-order valence-corrected chi connectivity index (χ1v) is 7.69.